The molecule has 2 aromatic carbocycles. The Kier molecular flexibility index (Phi) is 5.20. The van der Waals surface area contributed by atoms with Crippen LogP contribution in [0.1, 0.15) is 34.9 Å². The average molecular weight is 415 g/mol. The Morgan fingerprint density at radius 2 is 2.06 bits per heavy atom. The molecule has 0 amide bonds. The molecule has 0 spiro atoms. The van der Waals surface area contributed by atoms with Crippen molar-refractivity contribution < 1.29 is 14.6 Å². The minimum atomic E-state index is -0.450. The second kappa shape index (κ2) is 8.16. The molecular formula is C26H26N2O3. The number of phenols is 1. The maximum Gasteiger partial charge on any atom is 0.338 e. The number of hydrogen-bond acceptors (Lipinski definition) is 5. The van der Waals surface area contributed by atoms with Crippen molar-refractivity contribution in [2.24, 2.45) is 11.8 Å². The summed E-state index contributed by atoms with van der Waals surface area (Å²) in [5, 5.41) is 10.9. The first kappa shape index (κ1) is 19.8. The Bertz CT molecular complexity index is 1110. The number of ether oxygens (including phenoxy) is 1. The van der Waals surface area contributed by atoms with Gasteiger partial charge in [-0.2, -0.15) is 0 Å². The molecule has 2 bridgehead atoms. The van der Waals surface area contributed by atoms with Gasteiger partial charge in [0.2, 0.25) is 0 Å². The Hall–Kier alpha value is -3.18. The predicted molar refractivity (Wildman–Crippen MR) is 120 cm³/mol. The van der Waals surface area contributed by atoms with E-state index in [0.29, 0.717) is 17.4 Å². The van der Waals surface area contributed by atoms with Gasteiger partial charge in [-0.1, -0.05) is 24.3 Å². The number of phenolic OH excluding ortho intramolecular Hbond substituents is 1. The summed E-state index contributed by atoms with van der Waals surface area (Å²) in [4.78, 5) is 20.0. The van der Waals surface area contributed by atoms with Crippen LogP contribution in [-0.4, -0.2) is 40.1 Å². The normalized spacial score (nSPS) is 25.8. The average Bonchev–Trinajstić information content (AvgIpc) is 2.83. The van der Waals surface area contributed by atoms with Gasteiger partial charge >= 0.3 is 5.97 Å². The standard InChI is InChI=1S/C26H26N2O3/c1-2-17-16-28-13-11-19(17)14-24(28)25(31-26(30)18-6-4-3-5-7-18)21-10-12-27-23-9-8-20(29)15-22(21)23/h2-10,12,15,17,19,24-25,29H,1,11,13-14,16H2/t17?,19?,24?,25-/m1/s1. The molecule has 158 valence electrons. The number of aromatic hydroxyl groups is 1. The van der Waals surface area contributed by atoms with Crippen LogP contribution < -0.4 is 0 Å². The van der Waals surface area contributed by atoms with Crippen molar-refractivity contribution in [3.8, 4) is 5.75 Å². The Labute approximate surface area is 182 Å². The third-order valence-electron chi connectivity index (χ3n) is 6.81. The molecule has 3 saturated heterocycles. The van der Waals surface area contributed by atoms with E-state index in [1.165, 1.54) is 0 Å². The van der Waals surface area contributed by atoms with E-state index in [4.69, 9.17) is 4.74 Å². The highest BCUT2D eigenvalue weighted by Gasteiger charge is 2.44. The topological polar surface area (TPSA) is 62.7 Å². The maximum atomic E-state index is 13.1. The molecule has 5 nitrogen and oxygen atoms in total. The maximum absolute atomic E-state index is 13.1. The van der Waals surface area contributed by atoms with Gasteiger partial charge in [0.1, 0.15) is 11.9 Å². The molecular weight excluding hydrogens is 388 g/mol. The monoisotopic (exact) mass is 414 g/mol. The zero-order valence-electron chi connectivity index (χ0n) is 17.4. The molecule has 4 heterocycles. The van der Waals surface area contributed by atoms with Gasteiger partial charge in [-0.15, -0.1) is 6.58 Å². The summed E-state index contributed by atoms with van der Waals surface area (Å²) in [6.45, 7) is 5.95. The second-order valence-electron chi connectivity index (χ2n) is 8.54. The Balaban J connectivity index is 1.56. The van der Waals surface area contributed by atoms with E-state index >= 15 is 0 Å². The highest BCUT2D eigenvalue weighted by molar-refractivity contribution is 5.90. The van der Waals surface area contributed by atoms with E-state index in [1.54, 1.807) is 36.5 Å². The third kappa shape index (κ3) is 3.70. The minimum absolute atomic E-state index is 0.0792. The second-order valence-corrected chi connectivity index (χ2v) is 8.54. The summed E-state index contributed by atoms with van der Waals surface area (Å²) < 4.78 is 6.22. The molecule has 0 aliphatic carbocycles. The molecule has 4 unspecified atom stereocenters. The zero-order chi connectivity index (χ0) is 21.4. The van der Waals surface area contributed by atoms with Gasteiger partial charge in [-0.25, -0.2) is 4.79 Å². The first-order valence-corrected chi connectivity index (χ1v) is 10.8. The van der Waals surface area contributed by atoms with E-state index in [2.05, 4.69) is 22.5 Å². The number of carbonyl (C=O) groups is 1. The number of rotatable bonds is 5. The van der Waals surface area contributed by atoms with Crippen LogP contribution in [0, 0.1) is 11.8 Å². The number of nitrogens with zero attached hydrogens (tertiary/aromatic N) is 2. The van der Waals surface area contributed by atoms with Crippen LogP contribution in [0.2, 0.25) is 0 Å². The number of esters is 1. The van der Waals surface area contributed by atoms with E-state index in [9.17, 15) is 9.90 Å². The summed E-state index contributed by atoms with van der Waals surface area (Å²) in [5.74, 6) is 0.867. The highest BCUT2D eigenvalue weighted by Crippen LogP contribution is 2.43. The van der Waals surface area contributed by atoms with Crippen molar-refractivity contribution in [2.75, 3.05) is 13.1 Å². The van der Waals surface area contributed by atoms with Crippen molar-refractivity contribution >= 4 is 16.9 Å². The lowest BCUT2D eigenvalue weighted by Crippen LogP contribution is -2.55. The fourth-order valence-corrected chi connectivity index (χ4v) is 5.20. The largest absolute Gasteiger partial charge is 0.508 e. The molecule has 5 atom stereocenters. The van der Waals surface area contributed by atoms with Crippen molar-refractivity contribution in [3.05, 3.63) is 84.6 Å². The summed E-state index contributed by atoms with van der Waals surface area (Å²) >= 11 is 0. The number of carbonyl (C=O) groups excluding carboxylic acids is 1. The van der Waals surface area contributed by atoms with Crippen molar-refractivity contribution in [3.63, 3.8) is 0 Å². The van der Waals surface area contributed by atoms with E-state index in [0.717, 1.165) is 42.4 Å². The molecule has 1 aromatic heterocycles. The fraction of sp³-hybridized carbons (Fsp3) is 0.308. The zero-order valence-corrected chi connectivity index (χ0v) is 17.4. The number of benzene rings is 2. The molecule has 0 radical (unpaired) electrons. The van der Waals surface area contributed by atoms with Crippen LogP contribution in [0.4, 0.5) is 0 Å². The third-order valence-corrected chi connectivity index (χ3v) is 6.81. The molecule has 3 aromatic rings. The SMILES string of the molecule is C=CC1CN2CCC1CC2[C@H](OC(=O)c1ccccc1)c1ccnc2ccc(O)cc12. The highest BCUT2D eigenvalue weighted by atomic mass is 16.5. The fourth-order valence-electron chi connectivity index (χ4n) is 5.20. The van der Waals surface area contributed by atoms with Gasteiger partial charge in [-0.3, -0.25) is 9.88 Å². The molecule has 5 heteroatoms. The first-order valence-electron chi connectivity index (χ1n) is 10.8. The van der Waals surface area contributed by atoms with Crippen LogP contribution in [-0.2, 0) is 4.74 Å². The van der Waals surface area contributed by atoms with Crippen LogP contribution in [0.3, 0.4) is 0 Å². The quantitative estimate of drug-likeness (QED) is 0.483. The molecule has 3 aliphatic rings. The van der Waals surface area contributed by atoms with E-state index in [-0.39, 0.29) is 17.8 Å². The molecule has 6 rings (SSSR count). The lowest BCUT2D eigenvalue weighted by atomic mass is 9.73. The molecule has 0 saturated carbocycles. The summed E-state index contributed by atoms with van der Waals surface area (Å²) in [7, 11) is 0. The lowest BCUT2D eigenvalue weighted by Gasteiger charge is -2.51. The van der Waals surface area contributed by atoms with Crippen LogP contribution in [0.15, 0.2) is 73.4 Å². The summed E-state index contributed by atoms with van der Waals surface area (Å²) in [6.07, 6.45) is 5.46. The number of aromatic nitrogens is 1. The van der Waals surface area contributed by atoms with E-state index in [1.807, 2.05) is 24.3 Å². The van der Waals surface area contributed by atoms with Crippen LogP contribution in [0.25, 0.3) is 10.9 Å². The van der Waals surface area contributed by atoms with Crippen LogP contribution in [0.5, 0.6) is 5.75 Å². The van der Waals surface area contributed by atoms with Gasteiger partial charge in [0.25, 0.3) is 0 Å². The Morgan fingerprint density at radius 1 is 1.23 bits per heavy atom. The van der Waals surface area contributed by atoms with Crippen LogP contribution >= 0.6 is 0 Å². The number of pyridine rings is 1. The molecule has 31 heavy (non-hydrogen) atoms. The molecule has 1 N–H and O–H groups in total. The first-order chi connectivity index (χ1) is 15.1. The number of piperidine rings is 3. The van der Waals surface area contributed by atoms with Crippen molar-refractivity contribution in [2.45, 2.75) is 25.0 Å². The van der Waals surface area contributed by atoms with Gasteiger partial charge in [0.05, 0.1) is 17.1 Å². The van der Waals surface area contributed by atoms with Gasteiger partial charge in [0, 0.05) is 23.7 Å². The summed E-state index contributed by atoms with van der Waals surface area (Å²) in [6, 6.07) is 16.2. The van der Waals surface area contributed by atoms with Crippen molar-refractivity contribution in [1.29, 1.82) is 0 Å². The minimum Gasteiger partial charge on any atom is -0.508 e. The number of hydrogen-bond donors (Lipinski definition) is 1. The van der Waals surface area contributed by atoms with Gasteiger partial charge < -0.3 is 9.84 Å². The summed E-state index contributed by atoms with van der Waals surface area (Å²) in [5.41, 5.74) is 2.20. The Morgan fingerprint density at radius 3 is 2.81 bits per heavy atom. The number of fused-ring (bicyclic) bond motifs is 4. The predicted octanol–water partition coefficient (Wildman–Crippen LogP) is 4.73. The molecule has 3 fully saturated rings. The lowest BCUT2D eigenvalue weighted by molar-refractivity contribution is -0.0568. The van der Waals surface area contributed by atoms with Gasteiger partial charge in [-0.05, 0) is 67.6 Å². The smallest absolute Gasteiger partial charge is 0.338 e. The van der Waals surface area contributed by atoms with Crippen molar-refractivity contribution in [1.82, 2.24) is 9.88 Å². The van der Waals surface area contributed by atoms with Gasteiger partial charge in [0.15, 0.2) is 0 Å². The molecule has 3 aliphatic heterocycles. The van der Waals surface area contributed by atoms with E-state index < -0.39 is 6.10 Å².